The molecule has 31 heavy (non-hydrogen) atoms. The van der Waals surface area contributed by atoms with E-state index >= 15 is 0 Å². The summed E-state index contributed by atoms with van der Waals surface area (Å²) in [6.45, 7) is 2.65. The molecule has 0 aliphatic carbocycles. The van der Waals surface area contributed by atoms with Crippen LogP contribution in [-0.2, 0) is 17.8 Å². The van der Waals surface area contributed by atoms with Crippen molar-refractivity contribution in [3.8, 4) is 6.07 Å². The van der Waals surface area contributed by atoms with Gasteiger partial charge in [0.25, 0.3) is 0 Å². The number of rotatable bonds is 7. The second kappa shape index (κ2) is 9.50. The maximum absolute atomic E-state index is 12.8. The number of aryl methyl sites for hydroxylation is 2. The smallest absolute Gasteiger partial charge is 0.237 e. The number of hydrogen-bond acceptors (Lipinski definition) is 4. The van der Waals surface area contributed by atoms with Gasteiger partial charge in [-0.3, -0.25) is 4.79 Å². The molecule has 0 bridgehead atoms. The molecule has 0 aliphatic rings. The van der Waals surface area contributed by atoms with E-state index in [9.17, 15) is 4.79 Å². The highest BCUT2D eigenvalue weighted by atomic mass is 32.2. The topological polar surface area (TPSA) is 70.7 Å². The third-order valence-corrected chi connectivity index (χ3v) is 6.09. The number of aromatic nitrogens is 2. The van der Waals surface area contributed by atoms with Gasteiger partial charge in [-0.25, -0.2) is 4.98 Å². The van der Waals surface area contributed by atoms with Crippen molar-refractivity contribution < 1.29 is 4.79 Å². The maximum Gasteiger partial charge on any atom is 0.237 e. The van der Waals surface area contributed by atoms with Crippen molar-refractivity contribution in [1.82, 2.24) is 9.55 Å². The predicted molar refractivity (Wildman–Crippen MR) is 125 cm³/mol. The van der Waals surface area contributed by atoms with Gasteiger partial charge < -0.3 is 9.88 Å². The molecule has 1 N–H and O–H groups in total. The number of carbonyl (C=O) groups excluding carboxylic acids is 1. The van der Waals surface area contributed by atoms with E-state index in [1.807, 2.05) is 43.3 Å². The maximum atomic E-state index is 12.8. The second-order valence-corrected chi connectivity index (χ2v) is 8.52. The first kappa shape index (κ1) is 20.7. The Morgan fingerprint density at radius 1 is 1.10 bits per heavy atom. The molecule has 4 rings (SSSR count). The number of imidazole rings is 1. The number of amides is 1. The molecule has 1 amide bonds. The number of carbonyl (C=O) groups is 1. The molecule has 4 aromatic rings. The molecule has 0 fully saturated rings. The van der Waals surface area contributed by atoms with Crippen LogP contribution >= 0.6 is 11.8 Å². The number of anilines is 1. The molecule has 0 saturated heterocycles. The number of nitriles is 1. The van der Waals surface area contributed by atoms with Gasteiger partial charge in [-0.15, -0.1) is 0 Å². The normalized spacial score (nSPS) is 11.7. The Morgan fingerprint density at radius 3 is 2.68 bits per heavy atom. The number of hydrogen-bond donors (Lipinski definition) is 1. The van der Waals surface area contributed by atoms with Crippen LogP contribution in [0.25, 0.3) is 11.0 Å². The molecule has 5 nitrogen and oxygen atoms in total. The van der Waals surface area contributed by atoms with Crippen LogP contribution < -0.4 is 5.32 Å². The Balaban J connectivity index is 1.52. The van der Waals surface area contributed by atoms with Crippen molar-refractivity contribution in [2.24, 2.45) is 0 Å². The Bertz CT molecular complexity index is 1240. The van der Waals surface area contributed by atoms with Crippen LogP contribution in [0.15, 0.2) is 84.0 Å². The lowest BCUT2D eigenvalue weighted by atomic mass is 10.1. The summed E-state index contributed by atoms with van der Waals surface area (Å²) in [6.07, 6.45) is 0.885. The zero-order valence-electron chi connectivity index (χ0n) is 17.2. The van der Waals surface area contributed by atoms with Gasteiger partial charge in [-0.2, -0.15) is 5.26 Å². The van der Waals surface area contributed by atoms with E-state index in [1.54, 1.807) is 24.3 Å². The van der Waals surface area contributed by atoms with Crippen LogP contribution in [0, 0.1) is 11.3 Å². The van der Waals surface area contributed by atoms with Gasteiger partial charge in [0, 0.05) is 12.2 Å². The van der Waals surface area contributed by atoms with Crippen LogP contribution in [0.5, 0.6) is 0 Å². The minimum absolute atomic E-state index is 0.123. The first-order valence-corrected chi connectivity index (χ1v) is 11.0. The van der Waals surface area contributed by atoms with Gasteiger partial charge in [-0.05, 0) is 49.2 Å². The molecule has 154 valence electrons. The average Bonchev–Trinajstić information content (AvgIpc) is 3.15. The quantitative estimate of drug-likeness (QED) is 0.409. The summed E-state index contributed by atoms with van der Waals surface area (Å²) >= 11 is 1.44. The third kappa shape index (κ3) is 4.96. The SMILES string of the molecule is CC(Sc1nc2ccccc2n1CCc1ccccc1)C(=O)Nc1cccc(C#N)c1. The van der Waals surface area contributed by atoms with E-state index in [0.29, 0.717) is 11.3 Å². The molecule has 3 aromatic carbocycles. The summed E-state index contributed by atoms with van der Waals surface area (Å²) in [7, 11) is 0. The fourth-order valence-corrected chi connectivity index (χ4v) is 4.32. The summed E-state index contributed by atoms with van der Waals surface area (Å²) in [5.41, 5.74) is 4.39. The van der Waals surface area contributed by atoms with Gasteiger partial charge in [-0.1, -0.05) is 60.3 Å². The Morgan fingerprint density at radius 2 is 1.87 bits per heavy atom. The molecular formula is C25H22N4OS. The van der Waals surface area contributed by atoms with Crippen LogP contribution in [0.1, 0.15) is 18.1 Å². The van der Waals surface area contributed by atoms with Crippen molar-refractivity contribution in [1.29, 1.82) is 5.26 Å². The molecule has 0 aliphatic heterocycles. The number of nitrogens with one attached hydrogen (secondary N) is 1. The second-order valence-electron chi connectivity index (χ2n) is 7.21. The van der Waals surface area contributed by atoms with Crippen molar-refractivity contribution in [3.05, 3.63) is 90.0 Å². The summed E-state index contributed by atoms with van der Waals surface area (Å²) in [4.78, 5) is 17.6. The van der Waals surface area contributed by atoms with E-state index in [0.717, 1.165) is 29.2 Å². The standard InChI is InChI=1S/C25H22N4OS/c1-18(24(30)27-21-11-7-10-20(16-21)17-26)31-25-28-22-12-5-6-13-23(22)29(25)15-14-19-8-3-2-4-9-19/h2-13,16,18H,14-15H2,1H3,(H,27,30). The van der Waals surface area contributed by atoms with Gasteiger partial charge >= 0.3 is 0 Å². The Kier molecular flexibility index (Phi) is 6.34. The van der Waals surface area contributed by atoms with Gasteiger partial charge in [0.2, 0.25) is 5.91 Å². The Labute approximate surface area is 185 Å². The molecular weight excluding hydrogens is 404 g/mol. The molecule has 6 heteroatoms. The van der Waals surface area contributed by atoms with Crippen LogP contribution in [-0.4, -0.2) is 20.7 Å². The number of nitrogens with zero attached hydrogens (tertiary/aromatic N) is 3. The van der Waals surface area contributed by atoms with Crippen molar-refractivity contribution in [3.63, 3.8) is 0 Å². The summed E-state index contributed by atoms with van der Waals surface area (Å²) in [6, 6.07) is 27.4. The lowest BCUT2D eigenvalue weighted by molar-refractivity contribution is -0.115. The van der Waals surface area contributed by atoms with E-state index < -0.39 is 0 Å². The highest BCUT2D eigenvalue weighted by Crippen LogP contribution is 2.28. The highest BCUT2D eigenvalue weighted by molar-refractivity contribution is 8.00. The van der Waals surface area contributed by atoms with E-state index in [1.165, 1.54) is 17.3 Å². The summed E-state index contributed by atoms with van der Waals surface area (Å²) < 4.78 is 2.19. The van der Waals surface area contributed by atoms with Gasteiger partial charge in [0.05, 0.1) is 27.9 Å². The monoisotopic (exact) mass is 426 g/mol. The summed E-state index contributed by atoms with van der Waals surface area (Å²) in [5.74, 6) is -0.123. The molecule has 1 unspecified atom stereocenters. The van der Waals surface area contributed by atoms with E-state index in [4.69, 9.17) is 10.2 Å². The minimum atomic E-state index is -0.349. The average molecular weight is 427 g/mol. The van der Waals surface area contributed by atoms with Crippen LogP contribution in [0.2, 0.25) is 0 Å². The van der Waals surface area contributed by atoms with Gasteiger partial charge in [0.1, 0.15) is 0 Å². The number of benzene rings is 3. The summed E-state index contributed by atoms with van der Waals surface area (Å²) in [5, 5.41) is 12.4. The van der Waals surface area contributed by atoms with Crippen LogP contribution in [0.4, 0.5) is 5.69 Å². The predicted octanol–water partition coefficient (Wildman–Crippen LogP) is 5.27. The highest BCUT2D eigenvalue weighted by Gasteiger charge is 2.19. The zero-order chi connectivity index (χ0) is 21.6. The number of para-hydroxylation sites is 2. The molecule has 0 radical (unpaired) electrons. The van der Waals surface area contributed by atoms with Gasteiger partial charge in [0.15, 0.2) is 5.16 Å². The molecule has 1 aromatic heterocycles. The first-order chi connectivity index (χ1) is 15.1. The zero-order valence-corrected chi connectivity index (χ0v) is 18.0. The lowest BCUT2D eigenvalue weighted by Crippen LogP contribution is -2.23. The van der Waals surface area contributed by atoms with E-state index in [2.05, 4.69) is 34.2 Å². The van der Waals surface area contributed by atoms with Crippen molar-refractivity contribution >= 4 is 34.4 Å². The number of thioether (sulfide) groups is 1. The molecule has 0 saturated carbocycles. The Hall–Kier alpha value is -3.56. The molecule has 0 spiro atoms. The van der Waals surface area contributed by atoms with Crippen molar-refractivity contribution in [2.45, 2.75) is 30.3 Å². The van der Waals surface area contributed by atoms with E-state index in [-0.39, 0.29) is 11.2 Å². The fourth-order valence-electron chi connectivity index (χ4n) is 3.37. The van der Waals surface area contributed by atoms with Crippen LogP contribution in [0.3, 0.4) is 0 Å². The number of fused-ring (bicyclic) bond motifs is 1. The minimum Gasteiger partial charge on any atom is -0.325 e. The van der Waals surface area contributed by atoms with Crippen molar-refractivity contribution in [2.75, 3.05) is 5.32 Å². The lowest BCUT2D eigenvalue weighted by Gasteiger charge is -2.14. The molecule has 1 atom stereocenters. The first-order valence-electron chi connectivity index (χ1n) is 10.1. The largest absolute Gasteiger partial charge is 0.325 e. The fraction of sp³-hybridized carbons (Fsp3) is 0.160. The third-order valence-electron chi connectivity index (χ3n) is 5.00. The molecule has 1 heterocycles.